The smallest absolute Gasteiger partial charge is 0.119 e. The second-order valence-corrected chi connectivity index (χ2v) is 6.73. The summed E-state index contributed by atoms with van der Waals surface area (Å²) >= 11 is 1.78. The Hall–Kier alpha value is -1.32. The Kier molecular flexibility index (Phi) is 4.61. The third-order valence-electron chi connectivity index (χ3n) is 4.04. The van der Waals surface area contributed by atoms with E-state index in [0.717, 1.165) is 16.2 Å². The molecule has 1 heterocycles. The van der Waals surface area contributed by atoms with Crippen LogP contribution in [0.5, 0.6) is 5.75 Å². The Bertz CT molecular complexity index is 562. The second-order valence-electron chi connectivity index (χ2n) is 5.56. The van der Waals surface area contributed by atoms with Gasteiger partial charge in [0, 0.05) is 9.75 Å². The van der Waals surface area contributed by atoms with Gasteiger partial charge in [0.15, 0.2) is 0 Å². The fourth-order valence-corrected chi connectivity index (χ4v) is 4.17. The van der Waals surface area contributed by atoms with Crippen LogP contribution in [0.1, 0.15) is 53.2 Å². The number of ether oxygens (including phenoxy) is 1. The van der Waals surface area contributed by atoms with E-state index in [-0.39, 0.29) is 0 Å². The molecule has 2 aromatic rings. The van der Waals surface area contributed by atoms with Crippen molar-refractivity contribution >= 4 is 11.3 Å². The van der Waals surface area contributed by atoms with Crippen molar-refractivity contribution in [2.45, 2.75) is 45.1 Å². The molecule has 1 N–H and O–H groups in total. The zero-order chi connectivity index (χ0) is 14.7. The molecule has 2 nitrogen and oxygen atoms in total. The van der Waals surface area contributed by atoms with Gasteiger partial charge >= 0.3 is 0 Å². The van der Waals surface area contributed by atoms with Crippen molar-refractivity contribution in [2.75, 3.05) is 6.61 Å². The van der Waals surface area contributed by atoms with Gasteiger partial charge in [-0.05, 0) is 61.9 Å². The molecular weight excluding hydrogens is 280 g/mol. The lowest BCUT2D eigenvalue weighted by molar-refractivity contribution is 0.224. The van der Waals surface area contributed by atoms with Crippen molar-refractivity contribution in [3.05, 3.63) is 51.2 Å². The lowest BCUT2D eigenvalue weighted by Crippen LogP contribution is -1.98. The summed E-state index contributed by atoms with van der Waals surface area (Å²) < 4.78 is 5.45. The number of rotatable bonds is 4. The van der Waals surface area contributed by atoms with E-state index in [2.05, 4.69) is 6.07 Å². The summed E-state index contributed by atoms with van der Waals surface area (Å²) in [7, 11) is 0. The van der Waals surface area contributed by atoms with Crippen molar-refractivity contribution in [3.8, 4) is 5.75 Å². The molecule has 0 amide bonds. The minimum Gasteiger partial charge on any atom is -0.494 e. The maximum absolute atomic E-state index is 10.6. The van der Waals surface area contributed by atoms with Gasteiger partial charge < -0.3 is 9.84 Å². The van der Waals surface area contributed by atoms with Gasteiger partial charge in [0.1, 0.15) is 11.9 Å². The van der Waals surface area contributed by atoms with Gasteiger partial charge in [-0.3, -0.25) is 0 Å². The van der Waals surface area contributed by atoms with Crippen LogP contribution < -0.4 is 4.74 Å². The highest BCUT2D eigenvalue weighted by atomic mass is 32.1. The molecule has 1 aliphatic carbocycles. The van der Waals surface area contributed by atoms with E-state index in [1.165, 1.54) is 42.5 Å². The van der Waals surface area contributed by atoms with E-state index in [0.29, 0.717) is 6.61 Å². The second kappa shape index (κ2) is 6.63. The van der Waals surface area contributed by atoms with E-state index in [1.54, 1.807) is 11.3 Å². The summed E-state index contributed by atoms with van der Waals surface area (Å²) in [4.78, 5) is 2.55. The SMILES string of the molecule is CCOc1ccc(C(O)c2cc3c(s2)CCCCC3)cc1. The average molecular weight is 302 g/mol. The molecule has 1 aliphatic rings. The van der Waals surface area contributed by atoms with Crippen molar-refractivity contribution in [3.63, 3.8) is 0 Å². The van der Waals surface area contributed by atoms with Gasteiger partial charge in [-0.25, -0.2) is 0 Å². The summed E-state index contributed by atoms with van der Waals surface area (Å²) in [6.45, 7) is 2.64. The zero-order valence-corrected chi connectivity index (χ0v) is 13.3. The maximum atomic E-state index is 10.6. The van der Waals surface area contributed by atoms with E-state index in [9.17, 15) is 5.11 Å². The van der Waals surface area contributed by atoms with Crippen molar-refractivity contribution in [2.24, 2.45) is 0 Å². The lowest BCUT2D eigenvalue weighted by atomic mass is 10.1. The minimum atomic E-state index is -0.516. The molecule has 0 saturated heterocycles. The summed E-state index contributed by atoms with van der Waals surface area (Å²) in [5, 5.41) is 10.6. The van der Waals surface area contributed by atoms with Crippen molar-refractivity contribution in [1.29, 1.82) is 0 Å². The first-order valence-electron chi connectivity index (χ1n) is 7.80. The van der Waals surface area contributed by atoms with E-state index >= 15 is 0 Å². The molecule has 21 heavy (non-hydrogen) atoms. The molecule has 0 spiro atoms. The Balaban J connectivity index is 1.79. The number of benzene rings is 1. The Morgan fingerprint density at radius 3 is 2.67 bits per heavy atom. The van der Waals surface area contributed by atoms with Gasteiger partial charge in [0.25, 0.3) is 0 Å². The Morgan fingerprint density at radius 1 is 1.14 bits per heavy atom. The van der Waals surface area contributed by atoms with E-state index in [4.69, 9.17) is 4.74 Å². The van der Waals surface area contributed by atoms with Crippen LogP contribution >= 0.6 is 11.3 Å². The highest BCUT2D eigenvalue weighted by Crippen LogP contribution is 2.35. The van der Waals surface area contributed by atoms with Crippen LogP contribution in [-0.2, 0) is 12.8 Å². The first kappa shape index (κ1) is 14.6. The third-order valence-corrected chi connectivity index (χ3v) is 5.33. The van der Waals surface area contributed by atoms with E-state index < -0.39 is 6.10 Å². The number of aryl methyl sites for hydroxylation is 2. The first-order valence-corrected chi connectivity index (χ1v) is 8.62. The third kappa shape index (κ3) is 3.30. The van der Waals surface area contributed by atoms with Crippen molar-refractivity contribution < 1.29 is 9.84 Å². The van der Waals surface area contributed by atoms with Crippen LogP contribution in [0.2, 0.25) is 0 Å². The summed E-state index contributed by atoms with van der Waals surface area (Å²) in [6.07, 6.45) is 5.72. The number of fused-ring (bicyclic) bond motifs is 1. The minimum absolute atomic E-state index is 0.516. The predicted octanol–water partition coefficient (Wildman–Crippen LogP) is 4.50. The molecule has 3 heteroatoms. The Labute approximate surface area is 130 Å². The van der Waals surface area contributed by atoms with Gasteiger partial charge in [-0.2, -0.15) is 0 Å². The molecule has 0 aliphatic heterocycles. The normalized spacial score (nSPS) is 16.1. The molecular formula is C18H22O2S. The van der Waals surface area contributed by atoms with Crippen LogP contribution in [-0.4, -0.2) is 11.7 Å². The predicted molar refractivity (Wildman–Crippen MR) is 87.3 cm³/mol. The molecule has 1 unspecified atom stereocenters. The number of aliphatic hydroxyl groups is 1. The van der Waals surface area contributed by atoms with Crippen LogP contribution in [0, 0.1) is 0 Å². The highest BCUT2D eigenvalue weighted by Gasteiger charge is 2.18. The maximum Gasteiger partial charge on any atom is 0.119 e. The zero-order valence-electron chi connectivity index (χ0n) is 12.5. The summed E-state index contributed by atoms with van der Waals surface area (Å²) in [5.74, 6) is 0.857. The molecule has 3 rings (SSSR count). The average Bonchev–Trinajstić information content (AvgIpc) is 2.79. The molecule has 0 saturated carbocycles. The Morgan fingerprint density at radius 2 is 1.90 bits per heavy atom. The molecule has 0 bridgehead atoms. The molecule has 112 valence electrons. The summed E-state index contributed by atoms with van der Waals surface area (Å²) in [6, 6.07) is 9.99. The van der Waals surface area contributed by atoms with Crippen LogP contribution in [0.15, 0.2) is 30.3 Å². The number of hydrogen-bond acceptors (Lipinski definition) is 3. The van der Waals surface area contributed by atoms with Gasteiger partial charge in [0.2, 0.25) is 0 Å². The standard InChI is InChI=1S/C18H22O2S/c1-2-20-15-10-8-13(9-11-15)18(19)17-12-14-6-4-3-5-7-16(14)21-17/h8-12,18-19H,2-7H2,1H3. The number of aliphatic hydroxyl groups excluding tert-OH is 1. The van der Waals surface area contributed by atoms with Crippen LogP contribution in [0.25, 0.3) is 0 Å². The number of hydrogen-bond donors (Lipinski definition) is 1. The number of thiophene rings is 1. The van der Waals surface area contributed by atoms with Gasteiger partial charge in [-0.15, -0.1) is 11.3 Å². The fraction of sp³-hybridized carbons (Fsp3) is 0.444. The van der Waals surface area contributed by atoms with Crippen LogP contribution in [0.3, 0.4) is 0 Å². The van der Waals surface area contributed by atoms with Gasteiger partial charge in [-0.1, -0.05) is 18.6 Å². The molecule has 1 aromatic heterocycles. The molecule has 0 radical (unpaired) electrons. The fourth-order valence-electron chi connectivity index (χ4n) is 2.90. The lowest BCUT2D eigenvalue weighted by Gasteiger charge is -2.10. The van der Waals surface area contributed by atoms with Crippen LogP contribution in [0.4, 0.5) is 0 Å². The largest absolute Gasteiger partial charge is 0.494 e. The first-order chi connectivity index (χ1) is 10.3. The molecule has 1 atom stereocenters. The topological polar surface area (TPSA) is 29.5 Å². The van der Waals surface area contributed by atoms with Crippen molar-refractivity contribution in [1.82, 2.24) is 0 Å². The quantitative estimate of drug-likeness (QED) is 0.843. The molecule has 0 fully saturated rings. The summed E-state index contributed by atoms with van der Waals surface area (Å²) in [5.41, 5.74) is 2.40. The van der Waals surface area contributed by atoms with Gasteiger partial charge in [0.05, 0.1) is 6.61 Å². The van der Waals surface area contributed by atoms with E-state index in [1.807, 2.05) is 31.2 Å². The highest BCUT2D eigenvalue weighted by molar-refractivity contribution is 7.12. The monoisotopic (exact) mass is 302 g/mol. The molecule has 1 aromatic carbocycles.